The smallest absolute Gasteiger partial charge is 0.232 e. The Hall–Kier alpha value is -2.50. The molecule has 0 aromatic heterocycles. The zero-order chi connectivity index (χ0) is 19.2. The lowest BCUT2D eigenvalue weighted by molar-refractivity contribution is -0.290. The molecule has 1 aliphatic carbocycles. The molecule has 5 atom stereocenters. The zero-order valence-electron chi connectivity index (χ0n) is 13.1. The van der Waals surface area contributed by atoms with Crippen LogP contribution in [0.1, 0.15) is 20.7 Å². The number of ketones is 2. The van der Waals surface area contributed by atoms with E-state index in [0.717, 1.165) is 18.2 Å². The molecular weight excluding hydrogens is 352 g/mol. The van der Waals surface area contributed by atoms with E-state index in [1.54, 1.807) is 0 Å². The summed E-state index contributed by atoms with van der Waals surface area (Å²) < 4.78 is 10.3. The number of carbonyl (C=O) groups is 2. The molecule has 1 unspecified atom stereocenters. The van der Waals surface area contributed by atoms with Gasteiger partial charge in [-0.3, -0.25) is 9.59 Å². The largest absolute Gasteiger partial charge is 0.507 e. The normalized spacial score (nSPS) is 31.4. The molecule has 10 nitrogen and oxygen atoms in total. The third-order valence-electron chi connectivity index (χ3n) is 4.21. The summed E-state index contributed by atoms with van der Waals surface area (Å²) in [5.41, 5.74) is -0.867. The molecule has 0 amide bonds. The first-order valence-corrected chi connectivity index (χ1v) is 7.59. The molecule has 1 fully saturated rings. The van der Waals surface area contributed by atoms with E-state index in [1.807, 2.05) is 0 Å². The van der Waals surface area contributed by atoms with E-state index < -0.39 is 77.3 Å². The van der Waals surface area contributed by atoms with E-state index in [1.165, 1.54) is 0 Å². The first-order chi connectivity index (χ1) is 12.3. The predicted octanol–water partition coefficient (Wildman–Crippen LogP) is -1.82. The van der Waals surface area contributed by atoms with Crippen LogP contribution in [-0.4, -0.2) is 79.5 Å². The van der Waals surface area contributed by atoms with Crippen molar-refractivity contribution in [3.05, 3.63) is 35.1 Å². The number of hydrogen-bond donors (Lipinski definition) is 6. The van der Waals surface area contributed by atoms with E-state index >= 15 is 0 Å². The molecule has 10 heteroatoms. The summed E-state index contributed by atoms with van der Waals surface area (Å²) in [6, 6.07) is 2.08. The average Bonchev–Trinajstić information content (AvgIpc) is 2.61. The zero-order valence-corrected chi connectivity index (χ0v) is 13.1. The van der Waals surface area contributed by atoms with Gasteiger partial charge in [-0.15, -0.1) is 0 Å². The number of ether oxygens (including phenoxy) is 2. The maximum absolute atomic E-state index is 12.5. The quantitative estimate of drug-likeness (QED) is 0.333. The molecule has 1 aromatic rings. The minimum absolute atomic E-state index is 0.392. The number of benzene rings is 1. The van der Waals surface area contributed by atoms with Gasteiger partial charge in [0.15, 0.2) is 11.5 Å². The van der Waals surface area contributed by atoms with Crippen molar-refractivity contribution < 1.29 is 49.7 Å². The minimum atomic E-state index is -1.78. The SMILES string of the molecule is O=C1C=C(OC2O[C@H](CO)[C@H](O)[C@H](O)[C@H]2O)C(=O)c2c(O)ccc(O)c21. The number of carbonyl (C=O) groups excluding carboxylic acids is 2. The molecule has 3 rings (SSSR count). The predicted molar refractivity (Wildman–Crippen MR) is 81.4 cm³/mol. The van der Waals surface area contributed by atoms with Gasteiger partial charge >= 0.3 is 0 Å². The fourth-order valence-electron chi connectivity index (χ4n) is 2.82. The van der Waals surface area contributed by atoms with Gasteiger partial charge in [0.2, 0.25) is 12.1 Å². The van der Waals surface area contributed by atoms with Crippen LogP contribution in [0.3, 0.4) is 0 Å². The summed E-state index contributed by atoms with van der Waals surface area (Å²) in [7, 11) is 0. The Kier molecular flexibility index (Phi) is 4.69. The number of fused-ring (bicyclic) bond motifs is 1. The Balaban J connectivity index is 1.90. The van der Waals surface area contributed by atoms with Crippen molar-refractivity contribution in [2.75, 3.05) is 6.61 Å². The van der Waals surface area contributed by atoms with E-state index in [2.05, 4.69) is 0 Å². The first-order valence-electron chi connectivity index (χ1n) is 7.59. The number of aliphatic hydroxyl groups excluding tert-OH is 4. The van der Waals surface area contributed by atoms with Gasteiger partial charge in [0, 0.05) is 6.08 Å². The number of hydrogen-bond acceptors (Lipinski definition) is 10. The molecule has 1 aromatic carbocycles. The third kappa shape index (κ3) is 2.83. The molecule has 1 heterocycles. The summed E-state index contributed by atoms with van der Waals surface area (Å²) in [6.07, 6.45) is -7.33. The van der Waals surface area contributed by atoms with Crippen LogP contribution >= 0.6 is 0 Å². The molecule has 6 N–H and O–H groups in total. The molecular formula is C16H16O10. The summed E-state index contributed by atoms with van der Waals surface area (Å²) in [4.78, 5) is 24.7. The molecule has 140 valence electrons. The number of phenolic OH excluding ortho intramolecular Hbond substituents is 2. The number of aromatic hydroxyl groups is 2. The monoisotopic (exact) mass is 368 g/mol. The maximum atomic E-state index is 12.5. The maximum Gasteiger partial charge on any atom is 0.232 e. The fourth-order valence-corrected chi connectivity index (χ4v) is 2.82. The number of allylic oxidation sites excluding steroid dienone is 2. The Labute approximate surface area is 146 Å². The van der Waals surface area contributed by atoms with E-state index in [-0.39, 0.29) is 0 Å². The van der Waals surface area contributed by atoms with Crippen molar-refractivity contribution in [2.45, 2.75) is 30.7 Å². The van der Waals surface area contributed by atoms with Gasteiger partial charge in [-0.25, -0.2) is 0 Å². The molecule has 1 saturated heterocycles. The lowest BCUT2D eigenvalue weighted by atomic mass is 9.91. The summed E-state index contributed by atoms with van der Waals surface area (Å²) in [5.74, 6) is -3.44. The molecule has 0 radical (unpaired) electrons. The van der Waals surface area contributed by atoms with Gasteiger partial charge in [0.1, 0.15) is 35.9 Å². The van der Waals surface area contributed by atoms with Crippen LogP contribution in [0, 0.1) is 0 Å². The second-order valence-corrected chi connectivity index (χ2v) is 5.87. The van der Waals surface area contributed by atoms with Crippen molar-refractivity contribution in [2.24, 2.45) is 0 Å². The van der Waals surface area contributed by atoms with Gasteiger partial charge in [-0.2, -0.15) is 0 Å². The highest BCUT2D eigenvalue weighted by Crippen LogP contribution is 2.36. The molecule has 2 aliphatic rings. The number of aliphatic hydroxyl groups is 4. The van der Waals surface area contributed by atoms with Crippen molar-refractivity contribution in [1.29, 1.82) is 0 Å². The van der Waals surface area contributed by atoms with Crippen LogP contribution in [0.15, 0.2) is 24.0 Å². The molecule has 0 bridgehead atoms. The van der Waals surface area contributed by atoms with Crippen LogP contribution in [0.4, 0.5) is 0 Å². The highest BCUT2D eigenvalue weighted by Gasteiger charge is 2.46. The summed E-state index contributed by atoms with van der Waals surface area (Å²) in [6.45, 7) is -0.700. The van der Waals surface area contributed by atoms with E-state index in [0.29, 0.717) is 0 Å². The topological polar surface area (TPSA) is 174 Å². The molecule has 0 saturated carbocycles. The van der Waals surface area contributed by atoms with Crippen molar-refractivity contribution in [3.63, 3.8) is 0 Å². The highest BCUT2D eigenvalue weighted by atomic mass is 16.7. The summed E-state index contributed by atoms with van der Waals surface area (Å²) >= 11 is 0. The van der Waals surface area contributed by atoms with Crippen molar-refractivity contribution in [1.82, 2.24) is 0 Å². The molecule has 0 spiro atoms. The number of rotatable bonds is 3. The Morgan fingerprint density at radius 2 is 1.58 bits per heavy atom. The van der Waals surface area contributed by atoms with Crippen molar-refractivity contribution >= 4 is 11.6 Å². The standard InChI is InChI=1S/C16H16O10/c17-4-9-13(22)14(23)15(24)16(26-9)25-8-3-7(20)10-5(18)1-2-6(19)11(10)12(8)21/h1-3,9,13-19,22-24H,4H2/t9-,13+,14+,15-,16?/m1/s1. The molecule has 1 aliphatic heterocycles. The van der Waals surface area contributed by atoms with Crippen LogP contribution in [0.2, 0.25) is 0 Å². The van der Waals surface area contributed by atoms with Gasteiger partial charge in [-0.1, -0.05) is 0 Å². The van der Waals surface area contributed by atoms with Gasteiger partial charge in [0.25, 0.3) is 0 Å². The Morgan fingerprint density at radius 3 is 2.19 bits per heavy atom. The average molecular weight is 368 g/mol. The fraction of sp³-hybridized carbons (Fsp3) is 0.375. The van der Waals surface area contributed by atoms with Gasteiger partial charge < -0.3 is 40.1 Å². The lowest BCUT2D eigenvalue weighted by Gasteiger charge is -2.39. The lowest BCUT2D eigenvalue weighted by Crippen LogP contribution is -2.59. The minimum Gasteiger partial charge on any atom is -0.507 e. The molecule has 26 heavy (non-hydrogen) atoms. The number of phenols is 2. The van der Waals surface area contributed by atoms with Crippen molar-refractivity contribution in [3.8, 4) is 11.5 Å². The van der Waals surface area contributed by atoms with Crippen LogP contribution in [0.5, 0.6) is 11.5 Å². The second-order valence-electron chi connectivity index (χ2n) is 5.87. The van der Waals surface area contributed by atoms with Gasteiger partial charge in [-0.05, 0) is 12.1 Å². The first kappa shape index (κ1) is 18.3. The van der Waals surface area contributed by atoms with Crippen LogP contribution < -0.4 is 0 Å². The van der Waals surface area contributed by atoms with E-state index in [4.69, 9.17) is 14.6 Å². The van der Waals surface area contributed by atoms with Gasteiger partial charge in [0.05, 0.1) is 17.7 Å². The highest BCUT2D eigenvalue weighted by molar-refractivity contribution is 6.25. The van der Waals surface area contributed by atoms with Crippen LogP contribution in [0.25, 0.3) is 0 Å². The number of Topliss-reactive ketones (excluding diaryl/α,β-unsaturated/α-hetero) is 1. The third-order valence-corrected chi connectivity index (χ3v) is 4.21. The second kappa shape index (κ2) is 6.67. The Morgan fingerprint density at radius 1 is 0.962 bits per heavy atom. The van der Waals surface area contributed by atoms with E-state index in [9.17, 15) is 35.1 Å². The van der Waals surface area contributed by atoms with Crippen LogP contribution in [-0.2, 0) is 9.47 Å². The summed E-state index contributed by atoms with van der Waals surface area (Å²) in [5, 5.41) is 58.1. The Bertz CT molecular complexity index is 783.